The minimum atomic E-state index is -0.0544. The van der Waals surface area contributed by atoms with E-state index in [-0.39, 0.29) is 5.38 Å². The smallest absolute Gasteiger partial charge is 0.0763 e. The summed E-state index contributed by atoms with van der Waals surface area (Å²) in [7, 11) is 0. The van der Waals surface area contributed by atoms with Crippen molar-refractivity contribution in [3.05, 3.63) is 48.6 Å². The van der Waals surface area contributed by atoms with Gasteiger partial charge in [0, 0.05) is 0 Å². The van der Waals surface area contributed by atoms with E-state index in [9.17, 15) is 0 Å². The van der Waals surface area contributed by atoms with E-state index in [0.29, 0.717) is 0 Å². The largest absolute Gasteiger partial charge is 0.113 e. The maximum Gasteiger partial charge on any atom is 0.0763 e. The van der Waals surface area contributed by atoms with Crippen molar-refractivity contribution in [2.24, 2.45) is 0 Å². The lowest BCUT2D eigenvalue weighted by atomic mass is 10.1. The van der Waals surface area contributed by atoms with Crippen molar-refractivity contribution in [1.82, 2.24) is 0 Å². The molecule has 1 atom stereocenters. The van der Waals surface area contributed by atoms with Gasteiger partial charge in [0.15, 0.2) is 0 Å². The second kappa shape index (κ2) is 3.43. The fourth-order valence-electron chi connectivity index (χ4n) is 0.773. The van der Waals surface area contributed by atoms with Crippen LogP contribution in [-0.4, -0.2) is 0 Å². The highest BCUT2D eigenvalue weighted by atomic mass is 35.5. The van der Waals surface area contributed by atoms with Crippen molar-refractivity contribution in [3.8, 4) is 0 Å². The fraction of sp³-hybridized carbons (Fsp3) is 0.111. The number of allylic oxidation sites excluding steroid dienone is 1. The molecule has 1 rings (SSSR count). The van der Waals surface area contributed by atoms with Crippen molar-refractivity contribution in [1.29, 1.82) is 0 Å². The summed E-state index contributed by atoms with van der Waals surface area (Å²) in [6, 6.07) is 9.87. The summed E-state index contributed by atoms with van der Waals surface area (Å²) in [5.74, 6) is 0. The lowest BCUT2D eigenvalue weighted by Crippen LogP contribution is -1.82. The molecule has 0 bridgehead atoms. The second-order valence-electron chi connectivity index (χ2n) is 2.05. The van der Waals surface area contributed by atoms with Crippen LogP contribution in [0.4, 0.5) is 0 Å². The Morgan fingerprint density at radius 1 is 1.30 bits per heavy atom. The average molecular weight is 153 g/mol. The third kappa shape index (κ3) is 1.61. The first-order valence-electron chi connectivity index (χ1n) is 3.16. The second-order valence-corrected chi connectivity index (χ2v) is 2.52. The van der Waals surface area contributed by atoms with Crippen LogP contribution in [-0.2, 0) is 0 Å². The molecule has 0 spiro atoms. The lowest BCUT2D eigenvalue weighted by Gasteiger charge is -2.01. The molecule has 1 unspecified atom stereocenters. The quantitative estimate of drug-likeness (QED) is 0.451. The van der Waals surface area contributed by atoms with Crippen molar-refractivity contribution >= 4 is 11.6 Å². The Bertz CT molecular complexity index is 203. The Morgan fingerprint density at radius 2 is 1.90 bits per heavy atom. The highest BCUT2D eigenvalue weighted by Crippen LogP contribution is 2.19. The Kier molecular flexibility index (Phi) is 2.52. The lowest BCUT2D eigenvalue weighted by molar-refractivity contribution is 1.22. The Hall–Kier alpha value is -0.750. The Balaban J connectivity index is 2.84. The molecule has 0 heterocycles. The van der Waals surface area contributed by atoms with E-state index in [1.165, 1.54) is 0 Å². The molecular formula is C9H9Cl. The molecule has 1 aromatic carbocycles. The van der Waals surface area contributed by atoms with Gasteiger partial charge in [0.25, 0.3) is 0 Å². The van der Waals surface area contributed by atoms with Crippen LogP contribution in [0.3, 0.4) is 0 Å². The Labute approximate surface area is 66.1 Å². The molecule has 0 N–H and O–H groups in total. The highest BCUT2D eigenvalue weighted by Gasteiger charge is 1.98. The zero-order chi connectivity index (χ0) is 7.40. The van der Waals surface area contributed by atoms with Crippen LogP contribution in [0.1, 0.15) is 10.9 Å². The van der Waals surface area contributed by atoms with Crippen LogP contribution in [0, 0.1) is 0 Å². The van der Waals surface area contributed by atoms with Crippen LogP contribution < -0.4 is 0 Å². The van der Waals surface area contributed by atoms with Crippen LogP contribution in [0.15, 0.2) is 43.0 Å². The van der Waals surface area contributed by atoms with Crippen LogP contribution in [0.2, 0.25) is 0 Å². The number of hydrogen-bond acceptors (Lipinski definition) is 0. The minimum absolute atomic E-state index is 0.0544. The van der Waals surface area contributed by atoms with E-state index < -0.39 is 0 Å². The molecule has 0 radical (unpaired) electrons. The van der Waals surface area contributed by atoms with Gasteiger partial charge >= 0.3 is 0 Å². The van der Waals surface area contributed by atoms with Gasteiger partial charge in [0.05, 0.1) is 5.38 Å². The predicted octanol–water partition coefficient (Wildman–Crippen LogP) is 3.15. The molecular weight excluding hydrogens is 144 g/mol. The maximum absolute atomic E-state index is 5.87. The van der Waals surface area contributed by atoms with Crippen LogP contribution in [0.25, 0.3) is 0 Å². The molecule has 1 heteroatoms. The summed E-state index contributed by atoms with van der Waals surface area (Å²) in [5, 5.41) is -0.0544. The fourth-order valence-corrected chi connectivity index (χ4v) is 0.918. The molecule has 0 fully saturated rings. The first-order chi connectivity index (χ1) is 4.84. The number of alkyl halides is 1. The molecule has 0 aliphatic heterocycles. The molecule has 10 heavy (non-hydrogen) atoms. The molecule has 0 amide bonds. The average Bonchev–Trinajstić information content (AvgIpc) is 2.05. The normalized spacial score (nSPS) is 12.5. The molecule has 0 aromatic heterocycles. The predicted molar refractivity (Wildman–Crippen MR) is 45.2 cm³/mol. The zero-order valence-electron chi connectivity index (χ0n) is 5.63. The molecule has 0 aliphatic carbocycles. The first kappa shape index (κ1) is 7.36. The first-order valence-corrected chi connectivity index (χ1v) is 3.60. The summed E-state index contributed by atoms with van der Waals surface area (Å²) >= 11 is 5.87. The summed E-state index contributed by atoms with van der Waals surface area (Å²) in [6.07, 6.45) is 1.72. The van der Waals surface area contributed by atoms with Crippen molar-refractivity contribution in [3.63, 3.8) is 0 Å². The Morgan fingerprint density at radius 3 is 2.40 bits per heavy atom. The number of hydrogen-bond donors (Lipinski definition) is 0. The van der Waals surface area contributed by atoms with Gasteiger partial charge in [0.1, 0.15) is 0 Å². The topological polar surface area (TPSA) is 0 Å². The summed E-state index contributed by atoms with van der Waals surface area (Å²) in [4.78, 5) is 0. The molecule has 52 valence electrons. The molecule has 0 saturated heterocycles. The van der Waals surface area contributed by atoms with Crippen molar-refractivity contribution in [2.75, 3.05) is 0 Å². The van der Waals surface area contributed by atoms with E-state index in [0.717, 1.165) is 5.56 Å². The summed E-state index contributed by atoms with van der Waals surface area (Å²) in [6.45, 7) is 3.61. The van der Waals surface area contributed by atoms with Gasteiger partial charge in [0.2, 0.25) is 0 Å². The van der Waals surface area contributed by atoms with Gasteiger partial charge in [-0.1, -0.05) is 36.4 Å². The van der Waals surface area contributed by atoms with E-state index in [2.05, 4.69) is 6.58 Å². The van der Waals surface area contributed by atoms with E-state index in [1.54, 1.807) is 6.08 Å². The van der Waals surface area contributed by atoms with Gasteiger partial charge in [-0.25, -0.2) is 0 Å². The van der Waals surface area contributed by atoms with Gasteiger partial charge in [-0.05, 0) is 5.56 Å². The third-order valence-electron chi connectivity index (χ3n) is 1.32. The van der Waals surface area contributed by atoms with Crippen LogP contribution >= 0.6 is 11.6 Å². The molecule has 0 nitrogen and oxygen atoms in total. The van der Waals surface area contributed by atoms with Gasteiger partial charge in [-0.3, -0.25) is 0 Å². The van der Waals surface area contributed by atoms with Crippen molar-refractivity contribution < 1.29 is 0 Å². The zero-order valence-corrected chi connectivity index (χ0v) is 6.38. The standard InChI is InChI=1S/C9H9Cl/c1-2-9(10)8-6-4-3-5-7-8/h2-7,9H,1H2. The molecule has 0 saturated carbocycles. The minimum Gasteiger partial charge on any atom is -0.113 e. The van der Waals surface area contributed by atoms with E-state index in [1.807, 2.05) is 30.3 Å². The highest BCUT2D eigenvalue weighted by molar-refractivity contribution is 6.21. The number of halogens is 1. The van der Waals surface area contributed by atoms with Gasteiger partial charge in [-0.2, -0.15) is 0 Å². The van der Waals surface area contributed by atoms with Crippen LogP contribution in [0.5, 0.6) is 0 Å². The van der Waals surface area contributed by atoms with Crippen molar-refractivity contribution in [2.45, 2.75) is 5.38 Å². The van der Waals surface area contributed by atoms with Gasteiger partial charge < -0.3 is 0 Å². The van der Waals surface area contributed by atoms with E-state index >= 15 is 0 Å². The number of rotatable bonds is 2. The molecule has 0 aliphatic rings. The number of benzene rings is 1. The maximum atomic E-state index is 5.87. The van der Waals surface area contributed by atoms with Gasteiger partial charge in [-0.15, -0.1) is 18.2 Å². The third-order valence-corrected chi connectivity index (χ3v) is 1.76. The summed E-state index contributed by atoms with van der Waals surface area (Å²) in [5.41, 5.74) is 1.10. The monoisotopic (exact) mass is 152 g/mol. The molecule has 1 aromatic rings. The van der Waals surface area contributed by atoms with E-state index in [4.69, 9.17) is 11.6 Å². The summed E-state index contributed by atoms with van der Waals surface area (Å²) < 4.78 is 0. The SMILES string of the molecule is C=CC(Cl)c1ccccc1.